The molecule has 0 bridgehead atoms. The van der Waals surface area contributed by atoms with Crippen molar-refractivity contribution in [2.24, 2.45) is 5.92 Å². The highest BCUT2D eigenvalue weighted by Gasteiger charge is 2.29. The van der Waals surface area contributed by atoms with E-state index in [2.05, 4.69) is 29.8 Å². The molecular weight excluding hydrogens is 318 g/mol. The summed E-state index contributed by atoms with van der Waals surface area (Å²) >= 11 is 3.74. The Bertz CT molecular complexity index is 541. The lowest BCUT2D eigenvalue weighted by Gasteiger charge is -2.25. The number of amides is 2. The maximum absolute atomic E-state index is 12.2. The summed E-state index contributed by atoms with van der Waals surface area (Å²) in [6.07, 6.45) is 2.60. The molecule has 2 atom stereocenters. The van der Waals surface area contributed by atoms with E-state index in [1.54, 1.807) is 7.05 Å². The van der Waals surface area contributed by atoms with Crippen molar-refractivity contribution in [3.8, 4) is 0 Å². The number of alkyl halides is 1. The van der Waals surface area contributed by atoms with Gasteiger partial charge in [-0.1, -0.05) is 48.3 Å². The molecular formula is C16H20BrNO2. The van der Waals surface area contributed by atoms with Crippen LogP contribution >= 0.6 is 15.9 Å². The molecule has 0 spiro atoms. The van der Waals surface area contributed by atoms with Gasteiger partial charge in [-0.25, -0.2) is 0 Å². The highest BCUT2D eigenvalue weighted by atomic mass is 79.9. The number of hydrogen-bond donors (Lipinski definition) is 0. The summed E-state index contributed by atoms with van der Waals surface area (Å²) in [5.41, 5.74) is 2.61. The number of hydrogen-bond acceptors (Lipinski definition) is 2. The predicted molar refractivity (Wildman–Crippen MR) is 83.0 cm³/mol. The standard InChI is InChI=1S/C16H20BrNO2/c1-4-5-10(2)15(17)12-7-6-11-9-14(19)18(3)16(20)13(11)8-12/h6-8,10,15H,4-5,9H2,1-3H3. The fraction of sp³-hybridized carbons (Fsp3) is 0.500. The van der Waals surface area contributed by atoms with Crippen molar-refractivity contribution in [1.82, 2.24) is 4.90 Å². The van der Waals surface area contributed by atoms with Crippen molar-refractivity contribution in [1.29, 1.82) is 0 Å². The van der Waals surface area contributed by atoms with Crippen LogP contribution in [0.25, 0.3) is 0 Å². The Morgan fingerprint density at radius 1 is 1.35 bits per heavy atom. The molecule has 0 aliphatic carbocycles. The van der Waals surface area contributed by atoms with Crippen LogP contribution in [-0.4, -0.2) is 23.8 Å². The molecule has 0 radical (unpaired) electrons. The summed E-state index contributed by atoms with van der Waals surface area (Å²) in [4.78, 5) is 25.3. The Balaban J connectivity index is 2.32. The van der Waals surface area contributed by atoms with Crippen LogP contribution in [0.5, 0.6) is 0 Å². The first kappa shape index (κ1) is 15.2. The minimum absolute atomic E-state index is 0.134. The number of carbonyl (C=O) groups is 2. The summed E-state index contributed by atoms with van der Waals surface area (Å²) in [7, 11) is 1.55. The molecule has 3 nitrogen and oxygen atoms in total. The number of imide groups is 1. The first-order chi connectivity index (χ1) is 9.45. The summed E-state index contributed by atoms with van der Waals surface area (Å²) in [6.45, 7) is 4.38. The largest absolute Gasteiger partial charge is 0.281 e. The number of likely N-dealkylation sites (N-methyl/N-ethyl adjacent to an activating group) is 1. The average molecular weight is 338 g/mol. The van der Waals surface area contributed by atoms with E-state index in [-0.39, 0.29) is 16.6 Å². The molecule has 20 heavy (non-hydrogen) atoms. The van der Waals surface area contributed by atoms with E-state index in [0.717, 1.165) is 24.0 Å². The normalized spacial score (nSPS) is 17.9. The lowest BCUT2D eigenvalue weighted by atomic mass is 9.91. The second kappa shape index (κ2) is 6.08. The Kier molecular flexibility index (Phi) is 4.63. The van der Waals surface area contributed by atoms with Crippen molar-refractivity contribution < 1.29 is 9.59 Å². The van der Waals surface area contributed by atoms with Crippen molar-refractivity contribution >= 4 is 27.7 Å². The van der Waals surface area contributed by atoms with Gasteiger partial charge in [0.05, 0.1) is 6.42 Å². The zero-order valence-electron chi connectivity index (χ0n) is 12.1. The Morgan fingerprint density at radius 3 is 2.70 bits per heavy atom. The average Bonchev–Trinajstić information content (AvgIpc) is 2.44. The third-order valence-electron chi connectivity index (χ3n) is 3.95. The van der Waals surface area contributed by atoms with E-state index in [4.69, 9.17) is 0 Å². The van der Waals surface area contributed by atoms with E-state index in [9.17, 15) is 9.59 Å². The molecule has 0 saturated heterocycles. The fourth-order valence-electron chi connectivity index (χ4n) is 2.62. The SMILES string of the molecule is CCCC(C)C(Br)c1ccc2c(c1)C(=O)N(C)C(=O)C2. The second-order valence-electron chi connectivity index (χ2n) is 5.52. The minimum atomic E-state index is -0.194. The third kappa shape index (κ3) is 2.80. The third-order valence-corrected chi connectivity index (χ3v) is 5.38. The maximum atomic E-state index is 12.2. The molecule has 108 valence electrons. The van der Waals surface area contributed by atoms with Gasteiger partial charge in [0.15, 0.2) is 0 Å². The zero-order valence-corrected chi connectivity index (χ0v) is 13.7. The number of rotatable bonds is 4. The van der Waals surface area contributed by atoms with Crippen LogP contribution in [0.15, 0.2) is 18.2 Å². The molecule has 2 unspecified atom stereocenters. The van der Waals surface area contributed by atoms with Gasteiger partial charge in [0.1, 0.15) is 0 Å². The number of halogens is 1. The fourth-order valence-corrected chi connectivity index (χ4v) is 3.17. The van der Waals surface area contributed by atoms with Crippen LogP contribution in [0, 0.1) is 5.92 Å². The van der Waals surface area contributed by atoms with Crippen molar-refractivity contribution in [2.75, 3.05) is 7.05 Å². The number of benzene rings is 1. The Morgan fingerprint density at radius 2 is 2.05 bits per heavy atom. The van der Waals surface area contributed by atoms with Crippen LogP contribution in [-0.2, 0) is 11.2 Å². The predicted octanol–water partition coefficient (Wildman–Crippen LogP) is 3.71. The van der Waals surface area contributed by atoms with Gasteiger partial charge in [-0.15, -0.1) is 0 Å². The molecule has 1 heterocycles. The van der Waals surface area contributed by atoms with Crippen LogP contribution in [0.4, 0.5) is 0 Å². The van der Waals surface area contributed by atoms with Gasteiger partial charge in [-0.3, -0.25) is 14.5 Å². The van der Waals surface area contributed by atoms with E-state index >= 15 is 0 Å². The molecule has 1 aliphatic heterocycles. The molecule has 2 amide bonds. The summed E-state index contributed by atoms with van der Waals surface area (Å²) in [6, 6.07) is 5.88. The summed E-state index contributed by atoms with van der Waals surface area (Å²) < 4.78 is 0. The van der Waals surface area contributed by atoms with Crippen molar-refractivity contribution in [3.05, 3.63) is 34.9 Å². The number of carbonyl (C=O) groups excluding carboxylic acids is 2. The Labute approximate surface area is 128 Å². The van der Waals surface area contributed by atoms with Crippen LogP contribution in [0.1, 0.15) is 53.0 Å². The molecule has 0 aromatic heterocycles. The quantitative estimate of drug-likeness (QED) is 0.620. The van der Waals surface area contributed by atoms with Gasteiger partial charge in [0, 0.05) is 17.4 Å². The van der Waals surface area contributed by atoms with E-state index in [1.165, 1.54) is 4.90 Å². The van der Waals surface area contributed by atoms with E-state index in [1.807, 2.05) is 18.2 Å². The molecule has 0 fully saturated rings. The number of nitrogens with zero attached hydrogens (tertiary/aromatic N) is 1. The highest BCUT2D eigenvalue weighted by molar-refractivity contribution is 9.09. The molecule has 1 aliphatic rings. The van der Waals surface area contributed by atoms with Gasteiger partial charge in [-0.2, -0.15) is 0 Å². The minimum Gasteiger partial charge on any atom is -0.281 e. The van der Waals surface area contributed by atoms with Crippen molar-refractivity contribution in [3.63, 3.8) is 0 Å². The van der Waals surface area contributed by atoms with Gasteiger partial charge in [-0.05, 0) is 29.5 Å². The second-order valence-corrected chi connectivity index (χ2v) is 6.51. The van der Waals surface area contributed by atoms with E-state index in [0.29, 0.717) is 17.9 Å². The highest BCUT2D eigenvalue weighted by Crippen LogP contribution is 2.35. The first-order valence-corrected chi connectivity index (χ1v) is 7.95. The van der Waals surface area contributed by atoms with Gasteiger partial charge in [0.2, 0.25) is 5.91 Å². The summed E-state index contributed by atoms with van der Waals surface area (Å²) in [5, 5.41) is 0. The van der Waals surface area contributed by atoms with Crippen LogP contribution < -0.4 is 0 Å². The van der Waals surface area contributed by atoms with Crippen LogP contribution in [0.3, 0.4) is 0 Å². The molecule has 2 rings (SSSR count). The van der Waals surface area contributed by atoms with Gasteiger partial charge >= 0.3 is 0 Å². The molecule has 4 heteroatoms. The lowest BCUT2D eigenvalue weighted by molar-refractivity contribution is -0.127. The molecule has 0 saturated carbocycles. The molecule has 1 aromatic rings. The number of fused-ring (bicyclic) bond motifs is 1. The Hall–Kier alpha value is -1.16. The molecule has 1 aromatic carbocycles. The van der Waals surface area contributed by atoms with Crippen molar-refractivity contribution in [2.45, 2.75) is 37.9 Å². The monoisotopic (exact) mass is 337 g/mol. The summed E-state index contributed by atoms with van der Waals surface area (Å²) in [5.74, 6) is 0.182. The molecule has 0 N–H and O–H groups in total. The topological polar surface area (TPSA) is 37.4 Å². The maximum Gasteiger partial charge on any atom is 0.260 e. The lowest BCUT2D eigenvalue weighted by Crippen LogP contribution is -2.39. The smallest absolute Gasteiger partial charge is 0.260 e. The zero-order chi connectivity index (χ0) is 14.9. The first-order valence-electron chi connectivity index (χ1n) is 7.03. The van der Waals surface area contributed by atoms with Gasteiger partial charge < -0.3 is 0 Å². The van der Waals surface area contributed by atoms with E-state index < -0.39 is 0 Å². The van der Waals surface area contributed by atoms with Gasteiger partial charge in [0.25, 0.3) is 5.91 Å². The van der Waals surface area contributed by atoms with Crippen LogP contribution in [0.2, 0.25) is 0 Å².